The van der Waals surface area contributed by atoms with Crippen LogP contribution in [0.25, 0.3) is 0 Å². The summed E-state index contributed by atoms with van der Waals surface area (Å²) >= 11 is 0. The predicted octanol–water partition coefficient (Wildman–Crippen LogP) is 3.27. The van der Waals surface area contributed by atoms with Crippen molar-refractivity contribution >= 4 is 21.4 Å². The van der Waals surface area contributed by atoms with Crippen LogP contribution in [0.1, 0.15) is 33.5 Å². The number of hydrogen-bond donors (Lipinski definition) is 0. The molecule has 1 heterocycles. The number of carbonyl (C=O) groups is 1. The van der Waals surface area contributed by atoms with Crippen molar-refractivity contribution in [2.75, 3.05) is 17.7 Å². The number of sulfone groups is 1. The Balaban J connectivity index is 1.92. The number of fused-ring (bicyclic) bond motifs is 1. The molecule has 1 aliphatic heterocycles. The van der Waals surface area contributed by atoms with Gasteiger partial charge in [-0.25, -0.2) is 12.8 Å². The molecule has 25 heavy (non-hydrogen) atoms. The van der Waals surface area contributed by atoms with Gasteiger partial charge >= 0.3 is 0 Å². The maximum atomic E-state index is 14.4. The van der Waals surface area contributed by atoms with Gasteiger partial charge in [-0.1, -0.05) is 18.2 Å². The molecule has 3 rings (SSSR count). The van der Waals surface area contributed by atoms with Crippen LogP contribution in [0.4, 0.5) is 10.1 Å². The first-order valence-corrected chi connectivity index (χ1v) is 10.2. The lowest BCUT2D eigenvalue weighted by molar-refractivity contribution is 0.0984. The maximum absolute atomic E-state index is 14.4. The summed E-state index contributed by atoms with van der Waals surface area (Å²) in [4.78, 5) is 14.4. The largest absolute Gasteiger partial charge is 0.305 e. The minimum absolute atomic E-state index is 0.0676. The highest BCUT2D eigenvalue weighted by Gasteiger charge is 2.27. The van der Waals surface area contributed by atoms with E-state index in [1.165, 1.54) is 17.2 Å². The highest BCUT2D eigenvalue weighted by molar-refractivity contribution is 7.89. The number of amides is 1. The summed E-state index contributed by atoms with van der Waals surface area (Å²) in [5.41, 5.74) is 3.29. The summed E-state index contributed by atoms with van der Waals surface area (Å²) in [5, 5.41) is 0. The van der Waals surface area contributed by atoms with E-state index in [0.29, 0.717) is 23.4 Å². The lowest BCUT2D eigenvalue weighted by Crippen LogP contribution is -2.36. The number of aryl methyl sites for hydroxylation is 1. The van der Waals surface area contributed by atoms with Gasteiger partial charge < -0.3 is 4.90 Å². The van der Waals surface area contributed by atoms with Crippen molar-refractivity contribution in [3.63, 3.8) is 0 Å². The van der Waals surface area contributed by atoms with Crippen LogP contribution in [0, 0.1) is 12.7 Å². The maximum Gasteiger partial charge on any atom is 0.258 e. The van der Waals surface area contributed by atoms with Crippen LogP contribution in [-0.2, 0) is 22.0 Å². The van der Waals surface area contributed by atoms with Crippen molar-refractivity contribution in [2.45, 2.75) is 25.5 Å². The van der Waals surface area contributed by atoms with Gasteiger partial charge in [0.2, 0.25) is 0 Å². The average Bonchev–Trinajstić information content (AvgIpc) is 2.56. The van der Waals surface area contributed by atoms with Crippen molar-refractivity contribution < 1.29 is 17.6 Å². The molecule has 0 aliphatic carbocycles. The van der Waals surface area contributed by atoms with Crippen LogP contribution in [-0.4, -0.2) is 27.1 Å². The first-order chi connectivity index (χ1) is 11.8. The molecular weight excluding hydrogens is 341 g/mol. The summed E-state index contributed by atoms with van der Waals surface area (Å²) in [5.74, 6) is -0.722. The van der Waals surface area contributed by atoms with Gasteiger partial charge in [0, 0.05) is 18.4 Å². The quantitative estimate of drug-likeness (QED) is 0.843. The number of anilines is 1. The number of benzene rings is 2. The molecule has 0 radical (unpaired) electrons. The summed E-state index contributed by atoms with van der Waals surface area (Å²) in [6, 6.07) is 9.60. The van der Waals surface area contributed by atoms with Gasteiger partial charge in [-0.2, -0.15) is 0 Å². The van der Waals surface area contributed by atoms with E-state index in [-0.39, 0.29) is 17.5 Å². The fraction of sp³-hybridized carbons (Fsp3) is 0.316. The highest BCUT2D eigenvalue weighted by atomic mass is 32.2. The molecular formula is C19H20FNO3S. The smallest absolute Gasteiger partial charge is 0.258 e. The van der Waals surface area contributed by atoms with Crippen LogP contribution < -0.4 is 4.90 Å². The van der Waals surface area contributed by atoms with Crippen LogP contribution in [0.15, 0.2) is 36.4 Å². The van der Waals surface area contributed by atoms with Crippen molar-refractivity contribution in [3.8, 4) is 0 Å². The molecule has 0 saturated heterocycles. The Labute approximate surface area is 147 Å². The first-order valence-electron chi connectivity index (χ1n) is 8.13. The van der Waals surface area contributed by atoms with Crippen molar-refractivity contribution in [1.82, 2.24) is 0 Å². The lowest BCUT2D eigenvalue weighted by Gasteiger charge is -2.31. The standard InChI is InChI=1S/C19H20FNO3S/c1-13-5-10-17(20)18-16(13)4-3-11-21(18)19(22)15-8-6-14(7-9-15)12-25(2,23)24/h5-10H,3-4,11-12H2,1-2H3. The highest BCUT2D eigenvalue weighted by Crippen LogP contribution is 2.33. The van der Waals surface area contributed by atoms with E-state index in [4.69, 9.17) is 0 Å². The van der Waals surface area contributed by atoms with Crippen LogP contribution in [0.5, 0.6) is 0 Å². The third-order valence-electron chi connectivity index (χ3n) is 4.42. The van der Waals surface area contributed by atoms with E-state index in [1.54, 1.807) is 30.3 Å². The molecule has 2 aromatic rings. The Hall–Kier alpha value is -2.21. The molecule has 0 aromatic heterocycles. The first kappa shape index (κ1) is 17.6. The summed E-state index contributed by atoms with van der Waals surface area (Å²) in [6.45, 7) is 2.39. The van der Waals surface area contributed by atoms with Gasteiger partial charge in [0.15, 0.2) is 9.84 Å². The molecule has 0 saturated carbocycles. The van der Waals surface area contributed by atoms with E-state index < -0.39 is 9.84 Å². The van der Waals surface area contributed by atoms with Gasteiger partial charge in [-0.15, -0.1) is 0 Å². The Morgan fingerprint density at radius 2 is 1.84 bits per heavy atom. The summed E-state index contributed by atoms with van der Waals surface area (Å²) < 4.78 is 37.1. The summed E-state index contributed by atoms with van der Waals surface area (Å²) in [7, 11) is -3.13. The molecule has 0 atom stereocenters. The number of carbonyl (C=O) groups excluding carboxylic acids is 1. The molecule has 2 aromatic carbocycles. The van der Waals surface area contributed by atoms with Gasteiger partial charge in [-0.3, -0.25) is 4.79 Å². The van der Waals surface area contributed by atoms with Crippen LogP contribution in [0.3, 0.4) is 0 Å². The topological polar surface area (TPSA) is 54.5 Å². The third kappa shape index (κ3) is 3.74. The van der Waals surface area contributed by atoms with Gasteiger partial charge in [0.25, 0.3) is 5.91 Å². The Bertz CT molecular complexity index is 920. The normalized spacial score (nSPS) is 14.3. The predicted molar refractivity (Wildman–Crippen MR) is 96.1 cm³/mol. The van der Waals surface area contributed by atoms with E-state index >= 15 is 0 Å². The SMILES string of the molecule is Cc1ccc(F)c2c1CCCN2C(=O)c1ccc(CS(C)(=O)=O)cc1. The van der Waals surface area contributed by atoms with E-state index in [2.05, 4.69) is 0 Å². The monoisotopic (exact) mass is 361 g/mol. The molecule has 4 nitrogen and oxygen atoms in total. The minimum atomic E-state index is -3.13. The molecule has 1 amide bonds. The van der Waals surface area contributed by atoms with Gasteiger partial charge in [-0.05, 0) is 54.7 Å². The fourth-order valence-corrected chi connectivity index (χ4v) is 4.04. The molecule has 0 bridgehead atoms. The molecule has 0 N–H and O–H groups in total. The Morgan fingerprint density at radius 3 is 2.48 bits per heavy atom. The number of hydrogen-bond acceptors (Lipinski definition) is 3. The summed E-state index contributed by atoms with van der Waals surface area (Å²) in [6.07, 6.45) is 2.72. The average molecular weight is 361 g/mol. The Kier molecular flexibility index (Phi) is 4.64. The van der Waals surface area contributed by atoms with Gasteiger partial charge in [0.1, 0.15) is 5.82 Å². The van der Waals surface area contributed by atoms with Crippen LogP contribution >= 0.6 is 0 Å². The zero-order valence-electron chi connectivity index (χ0n) is 14.3. The zero-order valence-corrected chi connectivity index (χ0v) is 15.1. The van der Waals surface area contributed by atoms with E-state index in [1.807, 2.05) is 6.92 Å². The molecule has 132 valence electrons. The van der Waals surface area contributed by atoms with Crippen molar-refractivity contribution in [1.29, 1.82) is 0 Å². The third-order valence-corrected chi connectivity index (χ3v) is 5.28. The second kappa shape index (κ2) is 6.59. The van der Waals surface area contributed by atoms with E-state index in [0.717, 1.165) is 24.0 Å². The molecule has 6 heteroatoms. The zero-order chi connectivity index (χ0) is 18.2. The minimum Gasteiger partial charge on any atom is -0.305 e. The lowest BCUT2D eigenvalue weighted by atomic mass is 9.96. The molecule has 0 fully saturated rings. The molecule has 0 spiro atoms. The van der Waals surface area contributed by atoms with E-state index in [9.17, 15) is 17.6 Å². The van der Waals surface area contributed by atoms with Crippen molar-refractivity contribution in [2.24, 2.45) is 0 Å². The fourth-order valence-electron chi connectivity index (χ4n) is 3.25. The molecule has 0 unspecified atom stereocenters. The number of nitrogens with zero attached hydrogens (tertiary/aromatic N) is 1. The van der Waals surface area contributed by atoms with Crippen LogP contribution in [0.2, 0.25) is 0 Å². The van der Waals surface area contributed by atoms with Crippen molar-refractivity contribution in [3.05, 3.63) is 64.5 Å². The second-order valence-corrected chi connectivity index (χ2v) is 8.66. The number of rotatable bonds is 3. The number of halogens is 1. The second-order valence-electron chi connectivity index (χ2n) is 6.52. The van der Waals surface area contributed by atoms with Gasteiger partial charge in [0.05, 0.1) is 11.4 Å². The Morgan fingerprint density at radius 1 is 1.16 bits per heavy atom. The molecule has 1 aliphatic rings.